The minimum atomic E-state index is -0.150. The Morgan fingerprint density at radius 3 is 2.26 bits per heavy atom. The minimum absolute atomic E-state index is 0.0105. The van der Waals surface area contributed by atoms with Crippen LogP contribution in [0.1, 0.15) is 25.0 Å². The van der Waals surface area contributed by atoms with Crippen molar-refractivity contribution in [1.29, 1.82) is 0 Å². The number of ether oxygens (including phenoxy) is 1. The molecule has 23 heavy (non-hydrogen) atoms. The fourth-order valence-electron chi connectivity index (χ4n) is 2.35. The summed E-state index contributed by atoms with van der Waals surface area (Å²) >= 11 is 0. The van der Waals surface area contributed by atoms with Crippen LogP contribution in [0.25, 0.3) is 0 Å². The largest absolute Gasteiger partial charge is 0.497 e. The summed E-state index contributed by atoms with van der Waals surface area (Å²) in [5.74, 6) is 0.841. The molecule has 0 aromatic heterocycles. The standard InChI is InChI=1S/C19H24N2O2/c1-19(2,15-6-10-17(23-3)11-7-15)13-21-18(22)12-14-4-8-16(20)9-5-14/h4-11H,12-13,20H2,1-3H3,(H,21,22). The first-order valence-electron chi connectivity index (χ1n) is 7.66. The van der Waals surface area contributed by atoms with E-state index in [4.69, 9.17) is 10.5 Å². The third-order valence-corrected chi connectivity index (χ3v) is 3.94. The van der Waals surface area contributed by atoms with Gasteiger partial charge in [0, 0.05) is 17.6 Å². The SMILES string of the molecule is COc1ccc(C(C)(C)CNC(=O)Cc2ccc(N)cc2)cc1. The van der Waals surface area contributed by atoms with Crippen molar-refractivity contribution in [2.24, 2.45) is 0 Å². The molecule has 1 amide bonds. The Kier molecular flexibility index (Phi) is 5.27. The van der Waals surface area contributed by atoms with Gasteiger partial charge in [-0.05, 0) is 35.4 Å². The number of nitrogen functional groups attached to an aromatic ring is 1. The lowest BCUT2D eigenvalue weighted by molar-refractivity contribution is -0.120. The zero-order valence-electron chi connectivity index (χ0n) is 13.9. The summed E-state index contributed by atoms with van der Waals surface area (Å²) in [4.78, 5) is 12.1. The summed E-state index contributed by atoms with van der Waals surface area (Å²) < 4.78 is 5.18. The second kappa shape index (κ2) is 7.18. The molecule has 0 unspecified atom stereocenters. The maximum Gasteiger partial charge on any atom is 0.224 e. The molecule has 2 rings (SSSR count). The van der Waals surface area contributed by atoms with Crippen LogP contribution in [0, 0.1) is 0 Å². The second-order valence-corrected chi connectivity index (χ2v) is 6.31. The third kappa shape index (κ3) is 4.74. The predicted molar refractivity (Wildman–Crippen MR) is 93.6 cm³/mol. The highest BCUT2D eigenvalue weighted by molar-refractivity contribution is 5.78. The average molecular weight is 312 g/mol. The van der Waals surface area contributed by atoms with Gasteiger partial charge in [-0.3, -0.25) is 4.79 Å². The summed E-state index contributed by atoms with van der Waals surface area (Å²) in [5.41, 5.74) is 8.32. The monoisotopic (exact) mass is 312 g/mol. The number of nitrogens with two attached hydrogens (primary N) is 1. The molecule has 0 heterocycles. The van der Waals surface area contributed by atoms with Gasteiger partial charge in [0.1, 0.15) is 5.75 Å². The van der Waals surface area contributed by atoms with Gasteiger partial charge in [-0.2, -0.15) is 0 Å². The summed E-state index contributed by atoms with van der Waals surface area (Å²) in [7, 11) is 1.65. The topological polar surface area (TPSA) is 64.3 Å². The smallest absolute Gasteiger partial charge is 0.224 e. The predicted octanol–water partition coefficient (Wildman–Crippen LogP) is 2.91. The molecular formula is C19H24N2O2. The minimum Gasteiger partial charge on any atom is -0.497 e. The van der Waals surface area contributed by atoms with E-state index in [-0.39, 0.29) is 11.3 Å². The molecule has 0 saturated heterocycles. The highest BCUT2D eigenvalue weighted by Gasteiger charge is 2.21. The van der Waals surface area contributed by atoms with E-state index in [0.29, 0.717) is 18.7 Å². The molecule has 0 aliphatic heterocycles. The first-order chi connectivity index (χ1) is 10.9. The van der Waals surface area contributed by atoms with Crippen molar-refractivity contribution < 1.29 is 9.53 Å². The van der Waals surface area contributed by atoms with E-state index in [1.54, 1.807) is 7.11 Å². The molecule has 0 saturated carbocycles. The van der Waals surface area contributed by atoms with Crippen LogP contribution >= 0.6 is 0 Å². The molecule has 0 bridgehead atoms. The van der Waals surface area contributed by atoms with Gasteiger partial charge in [0.25, 0.3) is 0 Å². The van der Waals surface area contributed by atoms with E-state index >= 15 is 0 Å². The molecule has 0 atom stereocenters. The lowest BCUT2D eigenvalue weighted by Gasteiger charge is -2.26. The van der Waals surface area contributed by atoms with E-state index in [9.17, 15) is 4.79 Å². The third-order valence-electron chi connectivity index (χ3n) is 3.94. The number of hydrogen-bond donors (Lipinski definition) is 2. The van der Waals surface area contributed by atoms with Crippen molar-refractivity contribution in [2.75, 3.05) is 19.4 Å². The van der Waals surface area contributed by atoms with E-state index < -0.39 is 0 Å². The Morgan fingerprint density at radius 2 is 1.70 bits per heavy atom. The Bertz CT molecular complexity index is 646. The van der Waals surface area contributed by atoms with Crippen LogP contribution in [0.2, 0.25) is 0 Å². The van der Waals surface area contributed by atoms with E-state index in [2.05, 4.69) is 19.2 Å². The van der Waals surface area contributed by atoms with Crippen molar-refractivity contribution in [3.63, 3.8) is 0 Å². The lowest BCUT2D eigenvalue weighted by atomic mass is 9.84. The number of anilines is 1. The molecule has 122 valence electrons. The maximum absolute atomic E-state index is 12.1. The highest BCUT2D eigenvalue weighted by Crippen LogP contribution is 2.24. The van der Waals surface area contributed by atoms with Gasteiger partial charge in [-0.1, -0.05) is 38.1 Å². The molecule has 0 aliphatic rings. The summed E-state index contributed by atoms with van der Waals surface area (Å²) in [6, 6.07) is 15.3. The molecule has 4 heteroatoms. The van der Waals surface area contributed by atoms with Gasteiger partial charge in [0.15, 0.2) is 0 Å². The second-order valence-electron chi connectivity index (χ2n) is 6.31. The maximum atomic E-state index is 12.1. The first kappa shape index (κ1) is 16.9. The van der Waals surface area contributed by atoms with Crippen LogP contribution in [-0.2, 0) is 16.6 Å². The molecule has 3 N–H and O–H groups in total. The fraction of sp³-hybridized carbons (Fsp3) is 0.316. The Labute approximate surface area is 137 Å². The average Bonchev–Trinajstić information content (AvgIpc) is 2.55. The summed E-state index contributed by atoms with van der Waals surface area (Å²) in [6.45, 7) is 4.80. The highest BCUT2D eigenvalue weighted by atomic mass is 16.5. The lowest BCUT2D eigenvalue weighted by Crippen LogP contribution is -2.37. The number of hydrogen-bond acceptors (Lipinski definition) is 3. The van der Waals surface area contributed by atoms with Crippen LogP contribution < -0.4 is 15.8 Å². The zero-order valence-corrected chi connectivity index (χ0v) is 13.9. The van der Waals surface area contributed by atoms with Crippen LogP contribution in [0.5, 0.6) is 5.75 Å². The Hall–Kier alpha value is -2.49. The molecule has 4 nitrogen and oxygen atoms in total. The van der Waals surface area contributed by atoms with Crippen molar-refractivity contribution in [3.05, 3.63) is 59.7 Å². The first-order valence-corrected chi connectivity index (χ1v) is 7.66. The van der Waals surface area contributed by atoms with Gasteiger partial charge in [-0.25, -0.2) is 0 Å². The molecule has 0 radical (unpaired) electrons. The number of benzene rings is 2. The van der Waals surface area contributed by atoms with E-state index in [1.807, 2.05) is 48.5 Å². The summed E-state index contributed by atoms with van der Waals surface area (Å²) in [6.07, 6.45) is 0.360. The number of carbonyl (C=O) groups is 1. The van der Waals surface area contributed by atoms with Crippen molar-refractivity contribution >= 4 is 11.6 Å². The molecule has 2 aromatic carbocycles. The number of nitrogens with one attached hydrogen (secondary N) is 1. The molecule has 0 aliphatic carbocycles. The van der Waals surface area contributed by atoms with Crippen LogP contribution in [0.4, 0.5) is 5.69 Å². The van der Waals surface area contributed by atoms with Gasteiger partial charge >= 0.3 is 0 Å². The van der Waals surface area contributed by atoms with Crippen molar-refractivity contribution in [1.82, 2.24) is 5.32 Å². The summed E-state index contributed by atoms with van der Waals surface area (Å²) in [5, 5.41) is 3.01. The van der Waals surface area contributed by atoms with Crippen molar-refractivity contribution in [3.8, 4) is 5.75 Å². The Balaban J connectivity index is 1.92. The van der Waals surface area contributed by atoms with Gasteiger partial charge in [-0.15, -0.1) is 0 Å². The number of methoxy groups -OCH3 is 1. The van der Waals surface area contributed by atoms with Crippen LogP contribution in [0.15, 0.2) is 48.5 Å². The van der Waals surface area contributed by atoms with Gasteiger partial charge in [0.05, 0.1) is 13.5 Å². The van der Waals surface area contributed by atoms with Crippen LogP contribution in [-0.4, -0.2) is 19.6 Å². The zero-order chi connectivity index (χ0) is 16.9. The normalized spacial score (nSPS) is 11.1. The quantitative estimate of drug-likeness (QED) is 0.806. The van der Waals surface area contributed by atoms with Gasteiger partial charge in [0.2, 0.25) is 5.91 Å². The number of rotatable bonds is 6. The van der Waals surface area contributed by atoms with E-state index in [0.717, 1.165) is 16.9 Å². The number of amides is 1. The number of carbonyl (C=O) groups excluding carboxylic acids is 1. The fourth-order valence-corrected chi connectivity index (χ4v) is 2.35. The van der Waals surface area contributed by atoms with E-state index in [1.165, 1.54) is 0 Å². The molecule has 0 spiro atoms. The molecule has 2 aromatic rings. The Morgan fingerprint density at radius 1 is 1.09 bits per heavy atom. The molecular weight excluding hydrogens is 288 g/mol. The van der Waals surface area contributed by atoms with Crippen LogP contribution in [0.3, 0.4) is 0 Å². The van der Waals surface area contributed by atoms with Crippen molar-refractivity contribution in [2.45, 2.75) is 25.7 Å². The van der Waals surface area contributed by atoms with Gasteiger partial charge < -0.3 is 15.8 Å². The molecule has 0 fully saturated rings.